The lowest BCUT2D eigenvalue weighted by molar-refractivity contribution is -0.106. The average Bonchev–Trinajstić information content (AvgIpc) is 3.01. The Morgan fingerprint density at radius 1 is 1.07 bits per heavy atom. The summed E-state index contributed by atoms with van der Waals surface area (Å²) in [6.07, 6.45) is 1.73. The summed E-state index contributed by atoms with van der Waals surface area (Å²) in [6.45, 7) is 0. The maximum absolute atomic E-state index is 14.3. The predicted octanol–water partition coefficient (Wildman–Crippen LogP) is 5.01. The fourth-order valence-electron chi connectivity index (χ4n) is 2.72. The first kappa shape index (κ1) is 18.9. The Labute approximate surface area is 156 Å². The van der Waals surface area contributed by atoms with Gasteiger partial charge in [-0.2, -0.15) is 5.10 Å². The molecule has 3 aromatic rings. The smallest absolute Gasteiger partial charge is 0.219 e. The second kappa shape index (κ2) is 7.40. The number of carbonyl (C=O) groups is 1. The molecule has 2 aromatic carbocycles. The van der Waals surface area contributed by atoms with Crippen molar-refractivity contribution in [2.75, 3.05) is 4.90 Å². The molecule has 0 bridgehead atoms. The van der Waals surface area contributed by atoms with Crippen molar-refractivity contribution in [3.8, 4) is 11.1 Å². The largest absolute Gasteiger partial charge is 0.279 e. The number of rotatable bonds is 5. The normalized spacial score (nSPS) is 12.1. The summed E-state index contributed by atoms with van der Waals surface area (Å²) in [6, 6.07) is 7.06. The van der Waals surface area contributed by atoms with Crippen LogP contribution in [-0.4, -0.2) is 16.2 Å². The summed E-state index contributed by atoms with van der Waals surface area (Å²) in [5, 5.41) is 3.88. The third kappa shape index (κ3) is 3.52. The van der Waals surface area contributed by atoms with Crippen LogP contribution in [0.2, 0.25) is 0 Å². The van der Waals surface area contributed by atoms with E-state index in [4.69, 9.17) is 11.6 Å². The highest BCUT2D eigenvalue weighted by atomic mass is 35.5. The number of aromatic nitrogens is 2. The molecule has 1 atom stereocenters. The zero-order valence-electron chi connectivity index (χ0n) is 13.8. The number of nitrogens with zero attached hydrogens (tertiary/aromatic N) is 3. The highest BCUT2D eigenvalue weighted by Gasteiger charge is 2.24. The molecule has 4 nitrogen and oxygen atoms in total. The van der Waals surface area contributed by atoms with E-state index in [1.165, 1.54) is 36.1 Å². The van der Waals surface area contributed by atoms with Gasteiger partial charge < -0.3 is 0 Å². The molecule has 0 radical (unpaired) electrons. The molecule has 27 heavy (non-hydrogen) atoms. The lowest BCUT2D eigenvalue weighted by Gasteiger charge is -2.21. The van der Waals surface area contributed by atoms with Gasteiger partial charge in [0.25, 0.3) is 0 Å². The first-order valence-corrected chi connectivity index (χ1v) is 8.07. The third-order valence-electron chi connectivity index (χ3n) is 3.87. The summed E-state index contributed by atoms with van der Waals surface area (Å²) in [5.41, 5.74) is -2.22. The van der Waals surface area contributed by atoms with Gasteiger partial charge in [0, 0.05) is 30.4 Å². The standard InChI is InChI=1S/C18H12ClF4N3O/c1-25-8-16(17(24-25)18(19)23)26(9-27)15-5-3-2-4-10(15)11-6-13(21)14(22)7-12(11)20/h2-9,18H,1H3. The minimum atomic E-state index is -1.99. The van der Waals surface area contributed by atoms with E-state index in [1.54, 1.807) is 6.07 Å². The average molecular weight is 398 g/mol. The highest BCUT2D eigenvalue weighted by molar-refractivity contribution is 6.20. The van der Waals surface area contributed by atoms with E-state index in [9.17, 15) is 22.4 Å². The molecule has 3 rings (SSSR count). The van der Waals surface area contributed by atoms with Gasteiger partial charge >= 0.3 is 0 Å². The van der Waals surface area contributed by atoms with Gasteiger partial charge in [0.05, 0.1) is 11.4 Å². The number of carbonyl (C=O) groups excluding carboxylic acids is 1. The SMILES string of the molecule is Cn1cc(N(C=O)c2ccccc2-c2cc(F)c(F)cc2F)c(C(F)Cl)n1. The maximum atomic E-state index is 14.3. The Balaban J connectivity index is 2.21. The van der Waals surface area contributed by atoms with Crippen molar-refractivity contribution in [3.05, 3.63) is 65.7 Å². The van der Waals surface area contributed by atoms with Crippen LogP contribution in [0.15, 0.2) is 42.6 Å². The number of aryl methyl sites for hydroxylation is 1. The van der Waals surface area contributed by atoms with Gasteiger partial charge in [-0.3, -0.25) is 14.4 Å². The lowest BCUT2D eigenvalue weighted by atomic mass is 10.0. The van der Waals surface area contributed by atoms with Crippen LogP contribution in [0.1, 0.15) is 11.3 Å². The summed E-state index contributed by atoms with van der Waals surface area (Å²) in [4.78, 5) is 12.8. The number of amides is 1. The first-order chi connectivity index (χ1) is 12.8. The quantitative estimate of drug-likeness (QED) is 0.263. The molecule has 0 aliphatic carbocycles. The molecule has 1 amide bonds. The Hall–Kier alpha value is -2.87. The van der Waals surface area contributed by atoms with Crippen molar-refractivity contribution in [1.82, 2.24) is 9.78 Å². The van der Waals surface area contributed by atoms with Gasteiger partial charge in [0.2, 0.25) is 12.0 Å². The summed E-state index contributed by atoms with van der Waals surface area (Å²) in [7, 11) is 1.51. The zero-order valence-corrected chi connectivity index (χ0v) is 14.6. The number of benzene rings is 2. The topological polar surface area (TPSA) is 38.1 Å². The predicted molar refractivity (Wildman–Crippen MR) is 92.9 cm³/mol. The second-order valence-electron chi connectivity index (χ2n) is 5.61. The van der Waals surface area contributed by atoms with Gasteiger partial charge in [-0.05, 0) is 12.1 Å². The molecule has 140 valence electrons. The van der Waals surface area contributed by atoms with E-state index in [2.05, 4.69) is 5.10 Å². The number of hydrogen-bond acceptors (Lipinski definition) is 2. The van der Waals surface area contributed by atoms with E-state index >= 15 is 0 Å². The number of alkyl halides is 2. The van der Waals surface area contributed by atoms with Gasteiger partial charge in [0.1, 0.15) is 11.5 Å². The first-order valence-electron chi connectivity index (χ1n) is 7.63. The highest BCUT2D eigenvalue weighted by Crippen LogP contribution is 2.39. The van der Waals surface area contributed by atoms with E-state index in [-0.39, 0.29) is 28.2 Å². The van der Waals surface area contributed by atoms with Crippen LogP contribution in [0.4, 0.5) is 28.9 Å². The molecule has 0 aliphatic rings. The van der Waals surface area contributed by atoms with Crippen LogP contribution >= 0.6 is 11.6 Å². The van der Waals surface area contributed by atoms with Crippen LogP contribution < -0.4 is 4.90 Å². The summed E-state index contributed by atoms with van der Waals surface area (Å²) in [5.74, 6) is -3.59. The Bertz CT molecular complexity index is 1010. The molecule has 0 aliphatic heterocycles. The lowest BCUT2D eigenvalue weighted by Crippen LogP contribution is -2.16. The number of para-hydroxylation sites is 1. The zero-order chi connectivity index (χ0) is 19.7. The van der Waals surface area contributed by atoms with Crippen LogP contribution in [0.5, 0.6) is 0 Å². The van der Waals surface area contributed by atoms with Crippen LogP contribution in [0, 0.1) is 17.5 Å². The van der Waals surface area contributed by atoms with Crippen LogP contribution in [0.3, 0.4) is 0 Å². The van der Waals surface area contributed by atoms with Crippen LogP contribution in [0.25, 0.3) is 11.1 Å². The van der Waals surface area contributed by atoms with Crippen molar-refractivity contribution in [2.24, 2.45) is 7.05 Å². The van der Waals surface area contributed by atoms with Gasteiger partial charge in [-0.25, -0.2) is 17.6 Å². The van der Waals surface area contributed by atoms with Crippen molar-refractivity contribution in [1.29, 1.82) is 0 Å². The molecule has 0 spiro atoms. The van der Waals surface area contributed by atoms with E-state index in [1.807, 2.05) is 0 Å². The van der Waals surface area contributed by atoms with E-state index in [0.29, 0.717) is 18.5 Å². The second-order valence-corrected chi connectivity index (χ2v) is 6.00. The minimum absolute atomic E-state index is 0.0328. The number of halogens is 5. The maximum Gasteiger partial charge on any atom is 0.219 e. The Morgan fingerprint density at radius 3 is 2.41 bits per heavy atom. The van der Waals surface area contributed by atoms with E-state index in [0.717, 1.165) is 4.90 Å². The van der Waals surface area contributed by atoms with Gasteiger partial charge in [-0.1, -0.05) is 29.8 Å². The minimum Gasteiger partial charge on any atom is -0.279 e. The van der Waals surface area contributed by atoms with Gasteiger partial charge in [0.15, 0.2) is 11.6 Å². The fraction of sp³-hybridized carbons (Fsp3) is 0.111. The Kier molecular flexibility index (Phi) is 5.18. The van der Waals surface area contributed by atoms with Crippen molar-refractivity contribution < 1.29 is 22.4 Å². The molecule has 1 heterocycles. The molecule has 9 heteroatoms. The molecule has 0 saturated heterocycles. The molecule has 0 N–H and O–H groups in total. The number of hydrogen-bond donors (Lipinski definition) is 0. The Morgan fingerprint density at radius 2 is 1.74 bits per heavy atom. The molecule has 1 unspecified atom stereocenters. The van der Waals surface area contributed by atoms with Gasteiger partial charge in [-0.15, -0.1) is 0 Å². The fourth-order valence-corrected chi connectivity index (χ4v) is 2.87. The van der Waals surface area contributed by atoms with Crippen molar-refractivity contribution >= 4 is 29.4 Å². The third-order valence-corrected chi connectivity index (χ3v) is 4.08. The molecule has 1 aromatic heterocycles. The molecular formula is C18H12ClF4N3O. The molecule has 0 fully saturated rings. The van der Waals surface area contributed by atoms with E-state index < -0.39 is 23.1 Å². The monoisotopic (exact) mass is 397 g/mol. The number of anilines is 2. The van der Waals surface area contributed by atoms with Crippen molar-refractivity contribution in [2.45, 2.75) is 5.63 Å². The summed E-state index contributed by atoms with van der Waals surface area (Å²) >= 11 is 5.49. The summed E-state index contributed by atoms with van der Waals surface area (Å²) < 4.78 is 56.1. The van der Waals surface area contributed by atoms with Crippen LogP contribution in [-0.2, 0) is 11.8 Å². The van der Waals surface area contributed by atoms with Crippen molar-refractivity contribution in [3.63, 3.8) is 0 Å². The molecular weight excluding hydrogens is 386 g/mol. The molecule has 0 saturated carbocycles.